The van der Waals surface area contributed by atoms with Gasteiger partial charge in [-0.25, -0.2) is 10.9 Å². The highest BCUT2D eigenvalue weighted by Gasteiger charge is 2.07. The third kappa shape index (κ3) is 7.18. The number of hydrogen-bond donors (Lipinski definition) is 2. The quantitative estimate of drug-likeness (QED) is 0.164. The highest BCUT2D eigenvalue weighted by atomic mass is 33.1. The van der Waals surface area contributed by atoms with Crippen LogP contribution in [0.3, 0.4) is 0 Å². The SMILES string of the molecule is O=C(N/N=C/c1ccccc1SSc1ccccc1/C=N/NC(=O)c1ccccc1)c1ccccc1. The molecule has 4 rings (SSSR count). The van der Waals surface area contributed by atoms with E-state index in [0.717, 1.165) is 20.9 Å². The van der Waals surface area contributed by atoms with E-state index in [1.807, 2.05) is 84.9 Å². The van der Waals surface area contributed by atoms with E-state index < -0.39 is 0 Å². The predicted octanol–water partition coefficient (Wildman–Crippen LogP) is 6.01. The number of amides is 2. The first-order valence-electron chi connectivity index (χ1n) is 11.0. The summed E-state index contributed by atoms with van der Waals surface area (Å²) < 4.78 is 0. The van der Waals surface area contributed by atoms with Crippen molar-refractivity contribution in [2.24, 2.45) is 10.2 Å². The summed E-state index contributed by atoms with van der Waals surface area (Å²) in [6.45, 7) is 0. The van der Waals surface area contributed by atoms with Crippen molar-refractivity contribution in [1.29, 1.82) is 0 Å². The number of nitrogens with zero attached hydrogens (tertiary/aromatic N) is 2. The second-order valence-electron chi connectivity index (χ2n) is 7.37. The summed E-state index contributed by atoms with van der Waals surface area (Å²) in [6.07, 6.45) is 3.27. The van der Waals surface area contributed by atoms with Crippen LogP contribution >= 0.6 is 21.6 Å². The molecular weight excluding hydrogens is 488 g/mol. The summed E-state index contributed by atoms with van der Waals surface area (Å²) in [7, 11) is 3.14. The molecule has 0 aliphatic carbocycles. The van der Waals surface area contributed by atoms with Gasteiger partial charge >= 0.3 is 0 Å². The fourth-order valence-corrected chi connectivity index (χ4v) is 5.38. The third-order valence-electron chi connectivity index (χ3n) is 4.87. The molecule has 0 bridgehead atoms. The zero-order valence-corrected chi connectivity index (χ0v) is 20.7. The molecule has 0 unspecified atom stereocenters. The van der Waals surface area contributed by atoms with Gasteiger partial charge < -0.3 is 0 Å². The molecule has 0 aromatic heterocycles. The molecule has 0 spiro atoms. The first-order chi connectivity index (χ1) is 17.7. The lowest BCUT2D eigenvalue weighted by molar-refractivity contribution is 0.0947. The average molecular weight is 511 g/mol. The van der Waals surface area contributed by atoms with Gasteiger partial charge in [-0.05, 0) is 36.4 Å². The highest BCUT2D eigenvalue weighted by molar-refractivity contribution is 8.76. The van der Waals surface area contributed by atoms with Crippen molar-refractivity contribution in [3.63, 3.8) is 0 Å². The Balaban J connectivity index is 1.38. The van der Waals surface area contributed by atoms with Gasteiger partial charge in [0.25, 0.3) is 11.8 Å². The molecule has 8 heteroatoms. The summed E-state index contributed by atoms with van der Waals surface area (Å²) >= 11 is 0. The predicted molar refractivity (Wildman–Crippen MR) is 148 cm³/mol. The van der Waals surface area contributed by atoms with Gasteiger partial charge in [-0.2, -0.15) is 10.2 Å². The summed E-state index contributed by atoms with van der Waals surface area (Å²) in [5.41, 5.74) is 7.98. The number of hydrogen-bond acceptors (Lipinski definition) is 6. The van der Waals surface area contributed by atoms with E-state index in [2.05, 4.69) is 21.1 Å². The molecular formula is C28H22N4O2S2. The van der Waals surface area contributed by atoms with E-state index in [1.54, 1.807) is 58.3 Å². The number of hydrazone groups is 2. The lowest BCUT2D eigenvalue weighted by Crippen LogP contribution is -2.17. The number of nitrogens with one attached hydrogen (secondary N) is 2. The van der Waals surface area contributed by atoms with Crippen LogP contribution in [0.25, 0.3) is 0 Å². The van der Waals surface area contributed by atoms with E-state index in [4.69, 9.17) is 0 Å². The van der Waals surface area contributed by atoms with Crippen LogP contribution in [0, 0.1) is 0 Å². The van der Waals surface area contributed by atoms with E-state index >= 15 is 0 Å². The molecule has 0 saturated heterocycles. The summed E-state index contributed by atoms with van der Waals surface area (Å²) in [6, 6.07) is 33.5. The van der Waals surface area contributed by atoms with E-state index in [1.165, 1.54) is 0 Å². The average Bonchev–Trinajstić information content (AvgIpc) is 2.94. The fraction of sp³-hybridized carbons (Fsp3) is 0. The lowest BCUT2D eigenvalue weighted by Gasteiger charge is -2.07. The van der Waals surface area contributed by atoms with Gasteiger partial charge in [0.15, 0.2) is 0 Å². The fourth-order valence-electron chi connectivity index (χ4n) is 3.04. The zero-order chi connectivity index (χ0) is 25.0. The van der Waals surface area contributed by atoms with Crippen LogP contribution in [0.15, 0.2) is 129 Å². The molecule has 0 heterocycles. The molecule has 2 amide bonds. The van der Waals surface area contributed by atoms with E-state index in [9.17, 15) is 9.59 Å². The second kappa shape index (κ2) is 13.1. The normalized spacial score (nSPS) is 11.0. The Morgan fingerprint density at radius 1 is 0.528 bits per heavy atom. The standard InChI is InChI=1S/C28H22N4O2S2/c33-27(21-11-3-1-4-12-21)31-29-19-23-15-7-9-17-25(23)35-36-26-18-10-8-16-24(26)20-30-32-28(34)22-13-5-2-6-14-22/h1-20H,(H,31,33)(H,32,34)/b29-19+,30-20+. The Labute approximate surface area is 217 Å². The largest absolute Gasteiger partial charge is 0.271 e. The topological polar surface area (TPSA) is 82.9 Å². The van der Waals surface area contributed by atoms with Gasteiger partial charge in [0.2, 0.25) is 0 Å². The lowest BCUT2D eigenvalue weighted by atomic mass is 10.2. The molecule has 178 valence electrons. The van der Waals surface area contributed by atoms with Gasteiger partial charge in [-0.1, -0.05) is 94.4 Å². The molecule has 2 N–H and O–H groups in total. The molecule has 4 aromatic rings. The Hall–Kier alpha value is -4.14. The maximum Gasteiger partial charge on any atom is 0.271 e. The van der Waals surface area contributed by atoms with Crippen molar-refractivity contribution in [3.8, 4) is 0 Å². The molecule has 0 aliphatic heterocycles. The number of benzene rings is 4. The van der Waals surface area contributed by atoms with Gasteiger partial charge in [0.1, 0.15) is 0 Å². The van der Waals surface area contributed by atoms with Crippen molar-refractivity contribution < 1.29 is 9.59 Å². The van der Waals surface area contributed by atoms with Gasteiger partial charge in [-0.3, -0.25) is 9.59 Å². The molecule has 0 fully saturated rings. The van der Waals surface area contributed by atoms with Crippen LogP contribution in [0.2, 0.25) is 0 Å². The maximum absolute atomic E-state index is 12.2. The Kier molecular flexibility index (Phi) is 9.07. The molecule has 0 aliphatic rings. The molecule has 0 radical (unpaired) electrons. The first-order valence-corrected chi connectivity index (χ1v) is 13.2. The van der Waals surface area contributed by atoms with Crippen molar-refractivity contribution in [3.05, 3.63) is 131 Å². The minimum absolute atomic E-state index is 0.265. The monoisotopic (exact) mass is 510 g/mol. The summed E-state index contributed by atoms with van der Waals surface area (Å²) in [5.74, 6) is -0.530. The summed E-state index contributed by atoms with van der Waals surface area (Å²) in [4.78, 5) is 26.4. The molecule has 6 nitrogen and oxygen atoms in total. The van der Waals surface area contributed by atoms with Crippen LogP contribution < -0.4 is 10.9 Å². The number of carbonyl (C=O) groups excluding carboxylic acids is 2. The summed E-state index contributed by atoms with van der Waals surface area (Å²) in [5, 5.41) is 8.25. The Bertz CT molecular complexity index is 1270. The van der Waals surface area contributed by atoms with Gasteiger partial charge in [0, 0.05) is 32.0 Å². The molecule has 4 aromatic carbocycles. The van der Waals surface area contributed by atoms with Crippen LogP contribution in [0.5, 0.6) is 0 Å². The molecule has 36 heavy (non-hydrogen) atoms. The third-order valence-corrected chi connectivity index (χ3v) is 7.38. The van der Waals surface area contributed by atoms with Crippen LogP contribution in [0.4, 0.5) is 0 Å². The van der Waals surface area contributed by atoms with Crippen molar-refractivity contribution >= 4 is 45.8 Å². The van der Waals surface area contributed by atoms with Crippen LogP contribution in [-0.2, 0) is 0 Å². The maximum atomic E-state index is 12.2. The Morgan fingerprint density at radius 2 is 0.889 bits per heavy atom. The van der Waals surface area contributed by atoms with Crippen molar-refractivity contribution in [2.75, 3.05) is 0 Å². The van der Waals surface area contributed by atoms with E-state index in [0.29, 0.717) is 11.1 Å². The highest BCUT2D eigenvalue weighted by Crippen LogP contribution is 2.39. The minimum Gasteiger partial charge on any atom is -0.267 e. The van der Waals surface area contributed by atoms with Crippen LogP contribution in [0.1, 0.15) is 31.8 Å². The molecule has 0 atom stereocenters. The Morgan fingerprint density at radius 3 is 1.31 bits per heavy atom. The first kappa shape index (κ1) is 25.0. The van der Waals surface area contributed by atoms with Crippen LogP contribution in [-0.4, -0.2) is 24.2 Å². The van der Waals surface area contributed by atoms with Gasteiger partial charge in [0.05, 0.1) is 12.4 Å². The van der Waals surface area contributed by atoms with Gasteiger partial charge in [-0.15, -0.1) is 0 Å². The van der Waals surface area contributed by atoms with Crippen molar-refractivity contribution in [2.45, 2.75) is 9.79 Å². The number of carbonyl (C=O) groups is 2. The number of rotatable bonds is 9. The minimum atomic E-state index is -0.265. The second-order valence-corrected chi connectivity index (χ2v) is 9.59. The smallest absolute Gasteiger partial charge is 0.267 e. The molecule has 0 saturated carbocycles. The van der Waals surface area contributed by atoms with E-state index in [-0.39, 0.29) is 11.8 Å². The van der Waals surface area contributed by atoms with Crippen molar-refractivity contribution in [1.82, 2.24) is 10.9 Å². The zero-order valence-electron chi connectivity index (χ0n) is 19.1.